The number of nitrogens with zero attached hydrogens (tertiary/aromatic N) is 2. The minimum absolute atomic E-state index is 0.103. The minimum Gasteiger partial charge on any atom is -0.379 e. The van der Waals surface area contributed by atoms with Crippen molar-refractivity contribution in [3.05, 3.63) is 58.3 Å². The van der Waals surface area contributed by atoms with E-state index in [9.17, 15) is 9.90 Å². The molecule has 1 atom stereocenters. The van der Waals surface area contributed by atoms with Crippen molar-refractivity contribution in [1.82, 2.24) is 9.80 Å². The molecule has 1 aromatic carbocycles. The number of hydrogen-bond donors (Lipinski definition) is 1. The Bertz CT molecular complexity index is 689. The van der Waals surface area contributed by atoms with Gasteiger partial charge in [0.25, 0.3) is 5.91 Å². The molecule has 0 aliphatic carbocycles. The summed E-state index contributed by atoms with van der Waals surface area (Å²) >= 11 is 1.67. The van der Waals surface area contributed by atoms with Crippen LogP contribution in [0.2, 0.25) is 0 Å². The van der Waals surface area contributed by atoms with E-state index in [1.165, 1.54) is 11.1 Å². The van der Waals surface area contributed by atoms with Gasteiger partial charge in [-0.15, -0.1) is 0 Å². The maximum absolute atomic E-state index is 12.9. The van der Waals surface area contributed by atoms with E-state index in [1.807, 2.05) is 35.0 Å². The van der Waals surface area contributed by atoms with Gasteiger partial charge in [-0.3, -0.25) is 9.69 Å². The van der Waals surface area contributed by atoms with Crippen LogP contribution in [0.25, 0.3) is 0 Å². The van der Waals surface area contributed by atoms with Crippen LogP contribution < -0.4 is 0 Å². The van der Waals surface area contributed by atoms with Crippen LogP contribution in [-0.4, -0.2) is 53.1 Å². The fourth-order valence-electron chi connectivity index (χ4n) is 3.74. The fourth-order valence-corrected chi connectivity index (χ4v) is 4.40. The van der Waals surface area contributed by atoms with E-state index in [0.29, 0.717) is 19.5 Å². The van der Waals surface area contributed by atoms with Crippen LogP contribution in [0.1, 0.15) is 30.4 Å². The molecular formula is C21H28N2O2S. The van der Waals surface area contributed by atoms with Crippen molar-refractivity contribution in [2.75, 3.05) is 26.7 Å². The van der Waals surface area contributed by atoms with Crippen LogP contribution in [0.4, 0.5) is 0 Å². The van der Waals surface area contributed by atoms with Gasteiger partial charge < -0.3 is 10.0 Å². The number of amides is 1. The van der Waals surface area contributed by atoms with Crippen molar-refractivity contribution in [3.63, 3.8) is 0 Å². The van der Waals surface area contributed by atoms with Crippen molar-refractivity contribution in [2.45, 2.75) is 37.8 Å². The maximum Gasteiger partial charge on any atom is 0.255 e. The highest BCUT2D eigenvalue weighted by atomic mass is 32.1. The normalized spacial score (nSPS) is 20.7. The highest BCUT2D eigenvalue weighted by Crippen LogP contribution is 2.25. The largest absolute Gasteiger partial charge is 0.379 e. The number of carbonyl (C=O) groups excluding carboxylic acids is 1. The van der Waals surface area contributed by atoms with Gasteiger partial charge in [-0.1, -0.05) is 30.3 Å². The molecule has 140 valence electrons. The third-order valence-electron chi connectivity index (χ3n) is 5.00. The van der Waals surface area contributed by atoms with Gasteiger partial charge in [-0.25, -0.2) is 0 Å². The molecule has 1 amide bonds. The molecule has 0 unspecified atom stereocenters. The van der Waals surface area contributed by atoms with E-state index in [2.05, 4.69) is 29.0 Å². The molecule has 4 nitrogen and oxygen atoms in total. The van der Waals surface area contributed by atoms with Crippen LogP contribution in [0, 0.1) is 0 Å². The van der Waals surface area contributed by atoms with Gasteiger partial charge in [0.05, 0.1) is 0 Å². The molecule has 3 rings (SSSR count). The van der Waals surface area contributed by atoms with Gasteiger partial charge in [-0.2, -0.15) is 11.3 Å². The molecule has 0 radical (unpaired) electrons. The smallest absolute Gasteiger partial charge is 0.255 e. The zero-order valence-corrected chi connectivity index (χ0v) is 16.3. The summed E-state index contributed by atoms with van der Waals surface area (Å²) in [5.74, 6) is -0.103. The van der Waals surface area contributed by atoms with E-state index >= 15 is 0 Å². The molecule has 1 aromatic heterocycles. The van der Waals surface area contributed by atoms with Gasteiger partial charge in [0, 0.05) is 26.2 Å². The van der Waals surface area contributed by atoms with E-state index in [0.717, 1.165) is 32.4 Å². The number of hydrogen-bond acceptors (Lipinski definition) is 4. The zero-order chi connectivity index (χ0) is 18.4. The molecule has 1 fully saturated rings. The molecule has 26 heavy (non-hydrogen) atoms. The van der Waals surface area contributed by atoms with Gasteiger partial charge >= 0.3 is 0 Å². The van der Waals surface area contributed by atoms with Crippen molar-refractivity contribution < 1.29 is 9.90 Å². The van der Waals surface area contributed by atoms with Gasteiger partial charge in [0.15, 0.2) is 5.60 Å². The maximum atomic E-state index is 12.9. The number of carbonyl (C=O) groups is 1. The molecule has 2 heterocycles. The molecule has 1 aliphatic rings. The fraction of sp³-hybridized carbons (Fsp3) is 0.476. The van der Waals surface area contributed by atoms with Crippen molar-refractivity contribution in [1.29, 1.82) is 0 Å². The molecule has 0 spiro atoms. The highest BCUT2D eigenvalue weighted by molar-refractivity contribution is 7.07. The second-order valence-electron chi connectivity index (χ2n) is 7.32. The van der Waals surface area contributed by atoms with E-state index < -0.39 is 5.60 Å². The summed E-state index contributed by atoms with van der Waals surface area (Å²) in [5, 5.41) is 15.2. The van der Waals surface area contributed by atoms with Gasteiger partial charge in [0.1, 0.15) is 0 Å². The number of rotatable bonds is 8. The summed E-state index contributed by atoms with van der Waals surface area (Å²) in [6.07, 6.45) is 3.30. The average Bonchev–Trinajstić information content (AvgIpc) is 3.12. The Kier molecular flexibility index (Phi) is 6.46. The molecular weight excluding hydrogens is 344 g/mol. The lowest BCUT2D eigenvalue weighted by molar-refractivity contribution is -0.159. The first-order valence-electron chi connectivity index (χ1n) is 9.32. The van der Waals surface area contributed by atoms with Crippen LogP contribution >= 0.6 is 11.3 Å². The Morgan fingerprint density at radius 3 is 2.77 bits per heavy atom. The Morgan fingerprint density at radius 2 is 2.04 bits per heavy atom. The monoisotopic (exact) mass is 372 g/mol. The van der Waals surface area contributed by atoms with Crippen molar-refractivity contribution in [3.8, 4) is 0 Å². The van der Waals surface area contributed by atoms with E-state index in [-0.39, 0.29) is 5.91 Å². The van der Waals surface area contributed by atoms with Gasteiger partial charge in [0.2, 0.25) is 0 Å². The Hall–Kier alpha value is -1.69. The van der Waals surface area contributed by atoms with Gasteiger partial charge in [-0.05, 0) is 60.7 Å². The lowest BCUT2D eigenvalue weighted by Crippen LogP contribution is -2.58. The molecule has 5 heteroatoms. The number of aryl methyl sites for hydroxylation is 1. The summed E-state index contributed by atoms with van der Waals surface area (Å²) in [7, 11) is 1.97. The number of piperidine rings is 1. The summed E-state index contributed by atoms with van der Waals surface area (Å²) in [6, 6.07) is 12.4. The molecule has 0 saturated carbocycles. The second-order valence-corrected chi connectivity index (χ2v) is 8.10. The number of benzene rings is 1. The van der Waals surface area contributed by atoms with Crippen LogP contribution in [0.15, 0.2) is 47.2 Å². The quantitative estimate of drug-likeness (QED) is 0.774. The lowest BCUT2D eigenvalue weighted by Gasteiger charge is -2.40. The predicted octanol–water partition coefficient (Wildman–Crippen LogP) is 3.17. The Labute approximate surface area is 160 Å². The SMILES string of the molecule is CN(Cc1ccsc1)C[C@]1(O)CCCN(CCCc2ccccc2)C1=O. The summed E-state index contributed by atoms with van der Waals surface area (Å²) in [6.45, 7) is 2.61. The first-order chi connectivity index (χ1) is 12.6. The summed E-state index contributed by atoms with van der Waals surface area (Å²) in [4.78, 5) is 16.8. The minimum atomic E-state index is -1.25. The average molecular weight is 373 g/mol. The number of aliphatic hydroxyl groups is 1. The highest BCUT2D eigenvalue weighted by Gasteiger charge is 2.42. The first-order valence-corrected chi connectivity index (χ1v) is 10.3. The van der Waals surface area contributed by atoms with Crippen LogP contribution in [0.5, 0.6) is 0 Å². The van der Waals surface area contributed by atoms with Crippen molar-refractivity contribution >= 4 is 17.2 Å². The molecule has 1 saturated heterocycles. The zero-order valence-electron chi connectivity index (χ0n) is 15.4. The Balaban J connectivity index is 1.52. The van der Waals surface area contributed by atoms with Crippen LogP contribution in [0.3, 0.4) is 0 Å². The molecule has 0 bridgehead atoms. The standard InChI is InChI=1S/C21H28N2O2S/c1-22(15-19-10-14-26-16-19)17-21(25)11-6-13-23(20(21)24)12-5-9-18-7-3-2-4-8-18/h2-4,7-8,10,14,16,25H,5-6,9,11-13,15,17H2,1H3/t21-/m1/s1. The molecule has 2 aromatic rings. The number of thiophene rings is 1. The third-order valence-corrected chi connectivity index (χ3v) is 5.74. The second kappa shape index (κ2) is 8.80. The molecule has 1 N–H and O–H groups in total. The van der Waals surface area contributed by atoms with E-state index in [4.69, 9.17) is 0 Å². The summed E-state index contributed by atoms with van der Waals surface area (Å²) in [5.41, 5.74) is 1.27. The third kappa shape index (κ3) is 4.93. The van der Waals surface area contributed by atoms with Crippen LogP contribution in [-0.2, 0) is 17.8 Å². The molecule has 1 aliphatic heterocycles. The topological polar surface area (TPSA) is 43.8 Å². The lowest BCUT2D eigenvalue weighted by atomic mass is 9.90. The number of likely N-dealkylation sites (tertiary alicyclic amines) is 1. The Morgan fingerprint density at radius 1 is 1.23 bits per heavy atom. The number of likely N-dealkylation sites (N-methyl/N-ethyl adjacent to an activating group) is 1. The first kappa shape index (κ1) is 19.1. The predicted molar refractivity (Wildman–Crippen MR) is 106 cm³/mol. The van der Waals surface area contributed by atoms with Crippen molar-refractivity contribution in [2.24, 2.45) is 0 Å². The summed E-state index contributed by atoms with van der Waals surface area (Å²) < 4.78 is 0. The van der Waals surface area contributed by atoms with E-state index in [1.54, 1.807) is 11.3 Å².